The molecule has 12 heteroatoms. The monoisotopic (exact) mass is 1170 g/mol. The molecule has 16 rings (SSSR count). The van der Waals surface area contributed by atoms with Gasteiger partial charge in [0.2, 0.25) is 0 Å². The molecule has 0 saturated heterocycles. The molecule has 86 heavy (non-hydrogen) atoms. The number of benzene rings is 12. The van der Waals surface area contributed by atoms with Crippen LogP contribution < -0.4 is 5.46 Å². The van der Waals surface area contributed by atoms with Crippen molar-refractivity contribution in [3.05, 3.63) is 284 Å². The van der Waals surface area contributed by atoms with E-state index in [9.17, 15) is 10.0 Å². The maximum absolute atomic E-state index is 9.31. The van der Waals surface area contributed by atoms with Crippen LogP contribution in [-0.4, -0.2) is 47.1 Å². The highest BCUT2D eigenvalue weighted by Crippen LogP contribution is 2.42. The van der Waals surface area contributed by atoms with Crippen molar-refractivity contribution < 1.29 is 18.9 Å². The molecule has 2 N–H and O–H groups in total. The van der Waals surface area contributed by atoms with E-state index in [1.165, 1.54) is 0 Å². The van der Waals surface area contributed by atoms with Gasteiger partial charge in [-0.25, -0.2) is 29.9 Å². The van der Waals surface area contributed by atoms with Gasteiger partial charge in [-0.05, 0) is 80.6 Å². The van der Waals surface area contributed by atoms with Gasteiger partial charge in [0.1, 0.15) is 22.3 Å². The minimum Gasteiger partial charge on any atom is -0.456 e. The molecular weight excluding hydrogens is 1130 g/mol. The fraction of sp³-hybridized carbons (Fsp3) is 0. The van der Waals surface area contributed by atoms with Gasteiger partial charge in [0.25, 0.3) is 0 Å². The van der Waals surface area contributed by atoms with Gasteiger partial charge in [0.15, 0.2) is 34.9 Å². The summed E-state index contributed by atoms with van der Waals surface area (Å²) in [5.74, 6) is 3.95. The van der Waals surface area contributed by atoms with Crippen LogP contribution in [0.2, 0.25) is 0 Å². The van der Waals surface area contributed by atoms with E-state index in [4.69, 9.17) is 38.7 Å². The van der Waals surface area contributed by atoms with Gasteiger partial charge in [0, 0.05) is 59.4 Å². The Kier molecular flexibility index (Phi) is 14.5. The van der Waals surface area contributed by atoms with Gasteiger partial charge >= 0.3 is 7.12 Å². The van der Waals surface area contributed by atoms with Crippen LogP contribution in [0.1, 0.15) is 0 Å². The Balaban J connectivity index is 0.000000126. The minimum absolute atomic E-state index is 0.474. The molecule has 0 aliphatic heterocycles. The Morgan fingerprint density at radius 1 is 0.256 bits per heavy atom. The lowest BCUT2D eigenvalue weighted by Gasteiger charge is -2.13. The number of nitrogens with zero attached hydrogens (tertiary/aromatic N) is 6. The fourth-order valence-corrected chi connectivity index (χ4v) is 11.5. The molecule has 0 amide bonds. The number of halogens is 1. The van der Waals surface area contributed by atoms with Gasteiger partial charge in [-0.2, -0.15) is 0 Å². The first-order valence-corrected chi connectivity index (χ1v) is 28.8. The van der Waals surface area contributed by atoms with Crippen LogP contribution in [0.25, 0.3) is 145 Å². The summed E-state index contributed by atoms with van der Waals surface area (Å²) < 4.78 is 12.9. The summed E-state index contributed by atoms with van der Waals surface area (Å²) in [7, 11) is -1.48. The van der Waals surface area contributed by atoms with Crippen molar-refractivity contribution in [1.29, 1.82) is 0 Å². The molecule has 408 valence electrons. The molecule has 0 aliphatic rings. The number of aromatic nitrogens is 6. The minimum atomic E-state index is -1.48. The molecule has 0 atom stereocenters. The summed E-state index contributed by atoms with van der Waals surface area (Å²) in [5.41, 5.74) is 11.7. The van der Waals surface area contributed by atoms with E-state index < -0.39 is 7.12 Å². The zero-order valence-corrected chi connectivity index (χ0v) is 47.5. The highest BCUT2D eigenvalue weighted by molar-refractivity contribution is 9.10. The highest BCUT2D eigenvalue weighted by atomic mass is 79.9. The topological polar surface area (TPSA) is 144 Å². The normalized spacial score (nSPS) is 11.2. The molecule has 0 saturated carbocycles. The average Bonchev–Trinajstić information content (AvgIpc) is 4.39. The van der Waals surface area contributed by atoms with Gasteiger partial charge in [-0.3, -0.25) is 0 Å². The van der Waals surface area contributed by atoms with E-state index in [0.717, 1.165) is 109 Å². The van der Waals surface area contributed by atoms with Crippen molar-refractivity contribution in [2.45, 2.75) is 0 Å². The molecule has 10 nitrogen and oxygen atoms in total. The zero-order chi connectivity index (χ0) is 57.9. The Morgan fingerprint density at radius 3 is 1.05 bits per heavy atom. The predicted molar refractivity (Wildman–Crippen MR) is 351 cm³/mol. The van der Waals surface area contributed by atoms with Gasteiger partial charge < -0.3 is 18.9 Å². The Hall–Kier alpha value is -10.8. The molecule has 4 aromatic heterocycles. The zero-order valence-electron chi connectivity index (χ0n) is 45.9. The lowest BCUT2D eigenvalue weighted by molar-refractivity contribution is 0.426. The standard InChI is InChI=1S/C37H23N3O.C25H16BrN3.C12H9BO3/c1-3-12-24(13-4-1)35-38-36(25-14-5-2-6-15-25)40-37(39-35)30-23-22-28(26-16-7-8-17-27(26)30)29-19-11-21-33-34(29)31-18-9-10-20-32(31)41-33;26-22-16-15-21(19-13-7-8-14-20(19)22)25-28-23(17-9-3-1-4-10-17)27-24(29-25)18-11-5-2-6-12-18;14-13(15)9-5-3-7-11-12(9)8-4-1-2-6-10(8)16-11/h1-23H;1-16H;1-7,14-15H. The van der Waals surface area contributed by atoms with Crippen LogP contribution in [0.5, 0.6) is 0 Å². The first-order chi connectivity index (χ1) is 42.4. The lowest BCUT2D eigenvalue weighted by Crippen LogP contribution is -2.30. The number of furan rings is 2. The van der Waals surface area contributed by atoms with E-state index in [1.54, 1.807) is 12.1 Å². The van der Waals surface area contributed by atoms with E-state index in [1.807, 2.05) is 188 Å². The van der Waals surface area contributed by atoms with Crippen molar-refractivity contribution in [3.63, 3.8) is 0 Å². The molecule has 0 aliphatic carbocycles. The van der Waals surface area contributed by atoms with E-state index in [0.29, 0.717) is 46.0 Å². The summed E-state index contributed by atoms with van der Waals surface area (Å²) in [4.78, 5) is 29.3. The van der Waals surface area contributed by atoms with Gasteiger partial charge in [-0.1, -0.05) is 253 Å². The van der Waals surface area contributed by atoms with Crippen molar-refractivity contribution in [3.8, 4) is 79.5 Å². The molecule has 0 fully saturated rings. The lowest BCUT2D eigenvalue weighted by atomic mass is 9.77. The molecular formula is C74H48BBrN6O4. The summed E-state index contributed by atoms with van der Waals surface area (Å²) in [5, 5.41) is 27.0. The second-order valence-electron chi connectivity index (χ2n) is 20.4. The van der Waals surface area contributed by atoms with Crippen molar-refractivity contribution in [2.75, 3.05) is 0 Å². The van der Waals surface area contributed by atoms with Crippen molar-refractivity contribution >= 4 is 93.9 Å². The third-order valence-electron chi connectivity index (χ3n) is 15.1. The third-order valence-corrected chi connectivity index (χ3v) is 15.8. The summed E-state index contributed by atoms with van der Waals surface area (Å²) in [6, 6.07) is 92.7. The van der Waals surface area contributed by atoms with Crippen LogP contribution in [0.15, 0.2) is 292 Å². The second kappa shape index (κ2) is 23.5. The number of hydrogen-bond acceptors (Lipinski definition) is 10. The smallest absolute Gasteiger partial charge is 0.456 e. The Bertz CT molecular complexity index is 5010. The number of para-hydroxylation sites is 2. The molecule has 16 aromatic rings. The van der Waals surface area contributed by atoms with Crippen LogP contribution in [0, 0.1) is 0 Å². The van der Waals surface area contributed by atoms with E-state index >= 15 is 0 Å². The SMILES string of the molecule is Brc1ccc(-c2nc(-c3ccccc3)nc(-c3ccccc3)n2)c2ccccc12.OB(O)c1cccc2oc3ccccc3c12.c1ccc(-c2nc(-c3ccccc3)nc(-c3ccc(-c4cccc5oc6ccccc6c45)c4ccccc34)n2)cc1. The largest absolute Gasteiger partial charge is 0.489 e. The highest BCUT2D eigenvalue weighted by Gasteiger charge is 2.21. The maximum Gasteiger partial charge on any atom is 0.489 e. The molecule has 0 radical (unpaired) electrons. The summed E-state index contributed by atoms with van der Waals surface area (Å²) in [6.07, 6.45) is 0. The Labute approximate surface area is 502 Å². The first kappa shape index (κ1) is 53.3. The van der Waals surface area contributed by atoms with Crippen molar-refractivity contribution in [2.24, 2.45) is 0 Å². The van der Waals surface area contributed by atoms with Crippen molar-refractivity contribution in [1.82, 2.24) is 29.9 Å². The summed E-state index contributed by atoms with van der Waals surface area (Å²) >= 11 is 3.65. The average molecular weight is 1180 g/mol. The third kappa shape index (κ3) is 10.5. The van der Waals surface area contributed by atoms with E-state index in [-0.39, 0.29) is 0 Å². The quantitative estimate of drug-likeness (QED) is 0.141. The molecule has 4 heterocycles. The number of hydrogen-bond donors (Lipinski definition) is 2. The molecule has 0 bridgehead atoms. The predicted octanol–water partition coefficient (Wildman–Crippen LogP) is 17.6. The fourth-order valence-electron chi connectivity index (χ4n) is 11.1. The second-order valence-corrected chi connectivity index (χ2v) is 21.2. The Morgan fingerprint density at radius 2 is 0.581 bits per heavy atom. The molecule has 0 spiro atoms. The molecule has 0 unspecified atom stereocenters. The van der Waals surface area contributed by atoms with Crippen LogP contribution in [-0.2, 0) is 0 Å². The number of fused-ring (bicyclic) bond motifs is 8. The number of rotatable bonds is 8. The maximum atomic E-state index is 9.31. The summed E-state index contributed by atoms with van der Waals surface area (Å²) in [6.45, 7) is 0. The first-order valence-electron chi connectivity index (χ1n) is 28.0. The van der Waals surface area contributed by atoms with Crippen LogP contribution in [0.3, 0.4) is 0 Å². The van der Waals surface area contributed by atoms with Gasteiger partial charge in [-0.15, -0.1) is 0 Å². The molecule has 12 aromatic carbocycles. The van der Waals surface area contributed by atoms with Crippen LogP contribution in [0.4, 0.5) is 0 Å². The van der Waals surface area contributed by atoms with Crippen LogP contribution >= 0.6 is 15.9 Å². The van der Waals surface area contributed by atoms with E-state index in [2.05, 4.69) is 94.8 Å². The van der Waals surface area contributed by atoms with Gasteiger partial charge in [0.05, 0.1) is 0 Å².